The number of amides is 8. The van der Waals surface area contributed by atoms with Crippen LogP contribution >= 0.6 is 0 Å². The summed E-state index contributed by atoms with van der Waals surface area (Å²) in [4.78, 5) is 111. The van der Waals surface area contributed by atoms with Crippen LogP contribution in [0.25, 0.3) is 0 Å². The molecule has 0 fully saturated rings. The topological polar surface area (TPSA) is 159 Å². The molecule has 0 spiro atoms. The summed E-state index contributed by atoms with van der Waals surface area (Å²) < 4.78 is 190. The number of carbonyl (C=O) groups excluding carboxylic acids is 8. The summed E-state index contributed by atoms with van der Waals surface area (Å²) in [6.45, 7) is 10.4. The average molecular weight is 1320 g/mol. The summed E-state index contributed by atoms with van der Waals surface area (Å²) in [6, 6.07) is 19.2. The summed E-state index contributed by atoms with van der Waals surface area (Å²) in [7, 11) is -4.27. The summed E-state index contributed by atoms with van der Waals surface area (Å²) in [6.07, 6.45) is -22.1. The lowest BCUT2D eigenvalue weighted by atomic mass is 9.71. The average Bonchev–Trinajstić information content (AvgIpc) is 1.12. The highest BCUT2D eigenvalue weighted by atomic mass is 28.4. The quantitative estimate of drug-likeness (QED) is 0.0492. The maximum Gasteiger partial charge on any atom is 0.411 e. The fraction of sp³-hybridized carbons (Fsp3) is 0.323. The molecule has 0 saturated carbocycles. The first-order valence-corrected chi connectivity index (χ1v) is 34.9. The van der Waals surface area contributed by atoms with E-state index in [1.165, 1.54) is 31.3 Å². The molecule has 6 aromatic rings. The lowest BCUT2D eigenvalue weighted by molar-refractivity contribution is -0.288. The molecule has 0 saturated heterocycles. The summed E-state index contributed by atoms with van der Waals surface area (Å²) in [5, 5.41) is 0. The van der Waals surface area contributed by atoms with Gasteiger partial charge in [0.05, 0.1) is 50.2 Å². The van der Waals surface area contributed by atoms with Crippen molar-refractivity contribution in [3.8, 4) is 0 Å². The summed E-state index contributed by atoms with van der Waals surface area (Å²) in [5.74, 6) is -7.82. The first-order valence-electron chi connectivity index (χ1n) is 28.7. The van der Waals surface area contributed by atoms with E-state index in [-0.39, 0.29) is 82.7 Å². The van der Waals surface area contributed by atoms with Gasteiger partial charge in [-0.15, -0.1) is 0 Å². The Kier molecular flexibility index (Phi) is 16.1. The van der Waals surface area contributed by atoms with Crippen molar-refractivity contribution in [3.05, 3.63) is 205 Å². The van der Waals surface area contributed by atoms with Crippen molar-refractivity contribution in [2.75, 3.05) is 25.0 Å². The highest BCUT2D eigenvalue weighted by Crippen LogP contribution is 2.58. The van der Waals surface area contributed by atoms with E-state index in [1.54, 1.807) is 6.92 Å². The van der Waals surface area contributed by atoms with E-state index >= 15 is 39.5 Å². The van der Waals surface area contributed by atoms with Gasteiger partial charge >= 0.3 is 24.7 Å². The standard InChI is InChI=1S/C65H56F12N4O9Si2/c1-35-11-13-36(14-12-35)59(2,62(66,67)68)37-15-21-42(22-16-37)81-57(88)46-26-20-41(34-50(46)58(81)89)61(64(72,73)74,65(75,76)77)40-19-25-45-49(33-40)56(87)80(54(45)85)28-10-30-92(7,8)90-91(5,6)29-9-27-79-53(84)44-24-18-39(32-48(44)55(79)86)60(3,63(69,70)71)38-17-23-43-47(31-38)52(83)78(4)51(43)82/h11-26,31-34H,9-10,27-30H2,1-8H3. The summed E-state index contributed by atoms with van der Waals surface area (Å²) in [5.41, 5.74) is -17.9. The molecular formula is C65H56F12N4O9Si2. The largest absolute Gasteiger partial charge is 0.455 e. The van der Waals surface area contributed by atoms with Crippen LogP contribution in [0.4, 0.5) is 58.4 Å². The number of benzene rings is 6. The van der Waals surface area contributed by atoms with Gasteiger partial charge in [0.25, 0.3) is 47.3 Å². The fourth-order valence-electron chi connectivity index (χ4n) is 12.9. The second-order valence-electron chi connectivity index (χ2n) is 24.9. The van der Waals surface area contributed by atoms with E-state index in [4.69, 9.17) is 4.12 Å². The van der Waals surface area contributed by atoms with Crippen molar-refractivity contribution in [3.63, 3.8) is 0 Å². The number of nitrogens with zero attached hydrogens (tertiary/aromatic N) is 4. The molecular weight excluding hydrogens is 1260 g/mol. The minimum Gasteiger partial charge on any atom is -0.455 e. The van der Waals surface area contributed by atoms with Crippen LogP contribution in [0.15, 0.2) is 121 Å². The van der Waals surface area contributed by atoms with Gasteiger partial charge in [0.15, 0.2) is 16.6 Å². The predicted octanol–water partition coefficient (Wildman–Crippen LogP) is 14.3. The zero-order chi connectivity index (χ0) is 67.8. The Hall–Kier alpha value is -8.57. The fourth-order valence-corrected chi connectivity index (χ4v) is 21.7. The van der Waals surface area contributed by atoms with E-state index in [9.17, 15) is 51.5 Å². The maximum absolute atomic E-state index is 15.7. The van der Waals surface area contributed by atoms with Crippen molar-refractivity contribution >= 4 is 69.6 Å². The minimum absolute atomic E-state index is 0.0665. The van der Waals surface area contributed by atoms with Gasteiger partial charge in [-0.1, -0.05) is 66.2 Å². The molecule has 92 heavy (non-hydrogen) atoms. The van der Waals surface area contributed by atoms with Gasteiger partial charge < -0.3 is 4.12 Å². The Morgan fingerprint density at radius 1 is 0.370 bits per heavy atom. The Labute approximate surface area is 520 Å². The summed E-state index contributed by atoms with van der Waals surface area (Å²) >= 11 is 0. The van der Waals surface area contributed by atoms with Gasteiger partial charge in [-0.2, -0.15) is 52.7 Å². The van der Waals surface area contributed by atoms with Crippen LogP contribution in [-0.4, -0.2) is 123 Å². The molecule has 0 aromatic heterocycles. The second-order valence-corrected chi connectivity index (χ2v) is 33.8. The van der Waals surface area contributed by atoms with E-state index in [0.29, 0.717) is 51.7 Å². The van der Waals surface area contributed by atoms with Crippen molar-refractivity contribution in [1.82, 2.24) is 14.7 Å². The molecule has 0 radical (unpaired) electrons. The molecule has 2 atom stereocenters. The van der Waals surface area contributed by atoms with Crippen LogP contribution in [0.5, 0.6) is 0 Å². The molecule has 0 bridgehead atoms. The number of alkyl halides is 12. The predicted molar refractivity (Wildman–Crippen MR) is 314 cm³/mol. The molecule has 0 N–H and O–H groups in total. The molecule has 4 aliphatic rings. The molecule has 0 aliphatic carbocycles. The van der Waals surface area contributed by atoms with Crippen LogP contribution in [0.3, 0.4) is 0 Å². The second kappa shape index (κ2) is 22.3. The first kappa shape index (κ1) is 66.4. The van der Waals surface area contributed by atoms with Gasteiger partial charge in [0.1, 0.15) is 10.8 Å². The number of halogens is 12. The Bertz CT molecular complexity index is 4130. The number of hydrogen-bond donors (Lipinski definition) is 0. The number of hydrogen-bond acceptors (Lipinski definition) is 9. The molecule has 2 unspecified atom stereocenters. The van der Waals surface area contributed by atoms with E-state index in [2.05, 4.69) is 0 Å². The third-order valence-corrected chi connectivity index (χ3v) is 25.7. The maximum atomic E-state index is 15.7. The normalized spacial score (nSPS) is 17.0. The third-order valence-electron chi connectivity index (χ3n) is 18.1. The SMILES string of the molecule is Cc1ccc(C(C)(c2ccc(N3C(=O)c4ccc(C(c5ccc6c(c5)C(=O)N(CCC[Si](C)(C)O[Si](C)(C)CCCN5C(=O)c7ccc(C(C)(c8ccc9c(c8)C(=O)N(C)C9=O)C(F)(F)F)cc7C5=O)C6=O)(C(F)(F)F)C(F)(F)F)cc4C3=O)cc2)C(F)(F)F)cc1. The zero-order valence-corrected chi connectivity index (χ0v) is 52.3. The van der Waals surface area contributed by atoms with E-state index in [1.807, 2.05) is 26.2 Å². The van der Waals surface area contributed by atoms with Crippen LogP contribution in [0.1, 0.15) is 148 Å². The lowest BCUT2D eigenvalue weighted by Gasteiger charge is -2.38. The van der Waals surface area contributed by atoms with Crippen molar-refractivity contribution in [2.24, 2.45) is 0 Å². The van der Waals surface area contributed by atoms with E-state index in [0.717, 1.165) is 84.3 Å². The van der Waals surface area contributed by atoms with Crippen molar-refractivity contribution in [1.29, 1.82) is 0 Å². The van der Waals surface area contributed by atoms with Crippen molar-refractivity contribution < 1.29 is 95.2 Å². The molecule has 10 rings (SSSR count). The highest BCUT2D eigenvalue weighted by Gasteiger charge is 2.73. The Morgan fingerprint density at radius 2 is 0.663 bits per heavy atom. The van der Waals surface area contributed by atoms with Gasteiger partial charge in [0.2, 0.25) is 5.41 Å². The molecule has 27 heteroatoms. The van der Waals surface area contributed by atoms with Crippen LogP contribution in [0.2, 0.25) is 38.3 Å². The smallest absolute Gasteiger partial charge is 0.411 e. The Morgan fingerprint density at radius 3 is 1.07 bits per heavy atom. The number of fused-ring (bicyclic) bond motifs is 4. The molecule has 8 amide bonds. The van der Waals surface area contributed by atoms with E-state index < -0.39 is 144 Å². The monoisotopic (exact) mass is 1320 g/mol. The number of rotatable bonds is 17. The number of aryl methyl sites for hydroxylation is 1. The molecule has 13 nitrogen and oxygen atoms in total. The van der Waals surface area contributed by atoms with Crippen LogP contribution < -0.4 is 4.90 Å². The lowest BCUT2D eigenvalue weighted by Crippen LogP contribution is -2.55. The van der Waals surface area contributed by atoms with Crippen molar-refractivity contribution in [2.45, 2.75) is 113 Å². The van der Waals surface area contributed by atoms with Crippen LogP contribution in [0, 0.1) is 6.92 Å². The molecule has 4 heterocycles. The minimum atomic E-state index is -6.28. The Balaban J connectivity index is 0.799. The van der Waals surface area contributed by atoms with Gasteiger partial charge in [-0.25, -0.2) is 4.90 Å². The number of carbonyl (C=O) groups is 8. The molecule has 482 valence electrons. The third kappa shape index (κ3) is 10.6. The number of anilines is 1. The first-order chi connectivity index (χ1) is 42.5. The molecule has 6 aromatic carbocycles. The van der Waals surface area contributed by atoms with Gasteiger partial charge in [-0.05, 0) is 166 Å². The van der Waals surface area contributed by atoms with Gasteiger partial charge in [0, 0.05) is 20.1 Å². The van der Waals surface area contributed by atoms with Gasteiger partial charge in [-0.3, -0.25) is 53.1 Å². The zero-order valence-electron chi connectivity index (χ0n) is 50.3. The highest BCUT2D eigenvalue weighted by molar-refractivity contribution is 6.84. The number of imide groups is 4. The molecule has 4 aliphatic heterocycles. The van der Waals surface area contributed by atoms with Crippen LogP contribution in [-0.2, 0) is 20.4 Å².